The fourth-order valence-corrected chi connectivity index (χ4v) is 1.87. The van der Waals surface area contributed by atoms with Crippen molar-refractivity contribution in [3.8, 4) is 0 Å². The molecule has 0 spiro atoms. The molecule has 2 rings (SSSR count). The molecule has 0 saturated heterocycles. The normalized spacial score (nSPS) is 12.6. The maximum Gasteiger partial charge on any atom is 0.131 e. The summed E-state index contributed by atoms with van der Waals surface area (Å²) >= 11 is 0. The predicted molar refractivity (Wildman–Crippen MR) is 67.7 cm³/mol. The monoisotopic (exact) mass is 283 g/mol. The van der Waals surface area contributed by atoms with Crippen molar-refractivity contribution in [2.45, 2.75) is 19.3 Å². The van der Waals surface area contributed by atoms with Crippen LogP contribution in [0.1, 0.15) is 23.2 Å². The van der Waals surface area contributed by atoms with Crippen molar-refractivity contribution >= 4 is 0 Å². The van der Waals surface area contributed by atoms with E-state index in [1.54, 1.807) is 12.1 Å². The number of aliphatic hydroxyl groups excluding tert-OH is 2. The third kappa shape index (κ3) is 3.41. The molecule has 3 N–H and O–H groups in total. The summed E-state index contributed by atoms with van der Waals surface area (Å²) in [5.74, 6) is -0.558. The molecule has 6 heteroatoms. The van der Waals surface area contributed by atoms with Crippen LogP contribution in [0.25, 0.3) is 0 Å². The quantitative estimate of drug-likeness (QED) is 0.757. The van der Waals surface area contributed by atoms with Gasteiger partial charge in [-0.05, 0) is 24.3 Å². The van der Waals surface area contributed by atoms with Gasteiger partial charge in [0.15, 0.2) is 0 Å². The fraction of sp³-hybridized carbons (Fsp3) is 0.286. The first-order chi connectivity index (χ1) is 9.61. The van der Waals surface area contributed by atoms with E-state index in [0.29, 0.717) is 11.5 Å². The van der Waals surface area contributed by atoms with Crippen LogP contribution in [0.5, 0.6) is 0 Å². The number of rotatable bonds is 6. The summed E-state index contributed by atoms with van der Waals surface area (Å²) in [5.41, 5.74) is -0.351. The minimum absolute atomic E-state index is 0.0208. The Balaban J connectivity index is 1.90. The molecule has 108 valence electrons. The van der Waals surface area contributed by atoms with Crippen LogP contribution in [0.15, 0.2) is 34.7 Å². The van der Waals surface area contributed by atoms with Gasteiger partial charge in [0.2, 0.25) is 0 Å². The molecule has 0 aliphatic heterocycles. The lowest BCUT2D eigenvalue weighted by Crippen LogP contribution is -2.22. The highest BCUT2D eigenvalue weighted by Gasteiger charge is 2.17. The van der Waals surface area contributed by atoms with Gasteiger partial charge in [0, 0.05) is 6.54 Å². The lowest BCUT2D eigenvalue weighted by molar-refractivity contribution is 0.163. The Morgan fingerprint density at radius 1 is 1.10 bits per heavy atom. The molecule has 0 aliphatic carbocycles. The Morgan fingerprint density at radius 2 is 1.75 bits per heavy atom. The fourth-order valence-electron chi connectivity index (χ4n) is 1.87. The standard InChI is InChI=1S/C14H15F2NO3/c15-11-2-1-3-12(16)14(11)13(19)7-17-6-9-4-5-10(8-18)20-9/h1-5,13,17-19H,6-8H2. The Morgan fingerprint density at radius 3 is 2.35 bits per heavy atom. The van der Waals surface area contributed by atoms with Crippen molar-refractivity contribution in [2.24, 2.45) is 0 Å². The number of aliphatic hydroxyl groups is 2. The average Bonchev–Trinajstić information content (AvgIpc) is 2.86. The zero-order valence-electron chi connectivity index (χ0n) is 10.6. The van der Waals surface area contributed by atoms with E-state index in [2.05, 4.69) is 5.32 Å². The van der Waals surface area contributed by atoms with Gasteiger partial charge in [-0.25, -0.2) is 8.78 Å². The van der Waals surface area contributed by atoms with Crippen LogP contribution in [0.4, 0.5) is 8.78 Å². The number of furan rings is 1. The van der Waals surface area contributed by atoms with E-state index in [1.807, 2.05) is 0 Å². The Labute approximate surface area is 114 Å². The predicted octanol–water partition coefficient (Wildman–Crippen LogP) is 1.87. The molecule has 0 saturated carbocycles. The van der Waals surface area contributed by atoms with Gasteiger partial charge in [0.1, 0.15) is 29.8 Å². The average molecular weight is 283 g/mol. The van der Waals surface area contributed by atoms with E-state index in [-0.39, 0.29) is 25.3 Å². The van der Waals surface area contributed by atoms with Crippen molar-refractivity contribution in [3.63, 3.8) is 0 Å². The van der Waals surface area contributed by atoms with Gasteiger partial charge in [-0.15, -0.1) is 0 Å². The van der Waals surface area contributed by atoms with Crippen LogP contribution in [-0.4, -0.2) is 16.8 Å². The maximum absolute atomic E-state index is 13.4. The van der Waals surface area contributed by atoms with Crippen LogP contribution < -0.4 is 5.32 Å². The SMILES string of the molecule is OCc1ccc(CNCC(O)c2c(F)cccc2F)o1. The first-order valence-corrected chi connectivity index (χ1v) is 6.13. The van der Waals surface area contributed by atoms with Gasteiger partial charge in [0.05, 0.1) is 18.2 Å². The molecular formula is C14H15F2NO3. The summed E-state index contributed by atoms with van der Waals surface area (Å²) in [6, 6.07) is 6.75. The van der Waals surface area contributed by atoms with Crippen molar-refractivity contribution < 1.29 is 23.4 Å². The topological polar surface area (TPSA) is 65.6 Å². The van der Waals surface area contributed by atoms with Gasteiger partial charge >= 0.3 is 0 Å². The van der Waals surface area contributed by atoms with Crippen molar-refractivity contribution in [1.29, 1.82) is 0 Å². The molecule has 0 amide bonds. The molecule has 0 fully saturated rings. The highest BCUT2D eigenvalue weighted by molar-refractivity contribution is 5.22. The van der Waals surface area contributed by atoms with Gasteiger partial charge in [-0.1, -0.05) is 6.07 Å². The van der Waals surface area contributed by atoms with E-state index in [9.17, 15) is 13.9 Å². The molecular weight excluding hydrogens is 268 g/mol. The minimum Gasteiger partial charge on any atom is -0.462 e. The van der Waals surface area contributed by atoms with E-state index < -0.39 is 17.7 Å². The Kier molecular flexibility index (Phi) is 4.84. The lowest BCUT2D eigenvalue weighted by atomic mass is 10.1. The second-order valence-corrected chi connectivity index (χ2v) is 4.31. The molecule has 2 aromatic rings. The molecule has 1 unspecified atom stereocenters. The minimum atomic E-state index is -1.29. The number of benzene rings is 1. The second kappa shape index (κ2) is 6.60. The Bertz CT molecular complexity index is 551. The number of halogens is 2. The molecule has 1 aromatic heterocycles. The van der Waals surface area contributed by atoms with E-state index in [4.69, 9.17) is 9.52 Å². The maximum atomic E-state index is 13.4. The van der Waals surface area contributed by atoms with Crippen LogP contribution in [0.3, 0.4) is 0 Å². The van der Waals surface area contributed by atoms with Crippen molar-refractivity contribution in [3.05, 3.63) is 59.1 Å². The zero-order chi connectivity index (χ0) is 14.5. The summed E-state index contributed by atoms with van der Waals surface area (Å²) in [4.78, 5) is 0. The Hall–Kier alpha value is -1.76. The molecule has 0 aliphatic rings. The first kappa shape index (κ1) is 14.6. The van der Waals surface area contributed by atoms with Gasteiger partial charge in [-0.3, -0.25) is 0 Å². The van der Waals surface area contributed by atoms with Gasteiger partial charge < -0.3 is 19.9 Å². The zero-order valence-corrected chi connectivity index (χ0v) is 10.6. The van der Waals surface area contributed by atoms with Gasteiger partial charge in [0.25, 0.3) is 0 Å². The molecule has 0 bridgehead atoms. The summed E-state index contributed by atoms with van der Waals surface area (Å²) in [6.45, 7) is 0.0726. The largest absolute Gasteiger partial charge is 0.462 e. The number of nitrogens with one attached hydrogen (secondary N) is 1. The molecule has 20 heavy (non-hydrogen) atoms. The molecule has 1 atom stereocenters. The van der Waals surface area contributed by atoms with E-state index >= 15 is 0 Å². The van der Waals surface area contributed by atoms with Crippen molar-refractivity contribution in [2.75, 3.05) is 6.54 Å². The van der Waals surface area contributed by atoms with Crippen LogP contribution in [0.2, 0.25) is 0 Å². The van der Waals surface area contributed by atoms with Crippen LogP contribution in [0, 0.1) is 11.6 Å². The van der Waals surface area contributed by atoms with E-state index in [0.717, 1.165) is 12.1 Å². The number of hydrogen-bond donors (Lipinski definition) is 3. The van der Waals surface area contributed by atoms with Gasteiger partial charge in [-0.2, -0.15) is 0 Å². The highest BCUT2D eigenvalue weighted by Crippen LogP contribution is 2.20. The summed E-state index contributed by atoms with van der Waals surface area (Å²) in [7, 11) is 0. The lowest BCUT2D eigenvalue weighted by Gasteiger charge is -2.13. The summed E-state index contributed by atoms with van der Waals surface area (Å²) < 4.78 is 32.1. The third-order valence-corrected chi connectivity index (χ3v) is 2.84. The summed E-state index contributed by atoms with van der Waals surface area (Å²) in [6.07, 6.45) is -1.29. The third-order valence-electron chi connectivity index (χ3n) is 2.84. The highest BCUT2D eigenvalue weighted by atomic mass is 19.1. The summed E-state index contributed by atoms with van der Waals surface area (Å²) in [5, 5.41) is 21.5. The molecule has 4 nitrogen and oxygen atoms in total. The van der Waals surface area contributed by atoms with Crippen molar-refractivity contribution in [1.82, 2.24) is 5.32 Å². The molecule has 1 aromatic carbocycles. The van der Waals surface area contributed by atoms with E-state index in [1.165, 1.54) is 6.07 Å². The van der Waals surface area contributed by atoms with Crippen LogP contribution in [-0.2, 0) is 13.2 Å². The molecule has 0 radical (unpaired) electrons. The first-order valence-electron chi connectivity index (χ1n) is 6.13. The smallest absolute Gasteiger partial charge is 0.131 e. The molecule has 1 heterocycles. The second-order valence-electron chi connectivity index (χ2n) is 4.31. The van der Waals surface area contributed by atoms with Crippen LogP contribution >= 0.6 is 0 Å². The number of hydrogen-bond acceptors (Lipinski definition) is 4.